The van der Waals surface area contributed by atoms with Crippen LogP contribution in [0.5, 0.6) is 0 Å². The molecule has 0 bridgehead atoms. The summed E-state index contributed by atoms with van der Waals surface area (Å²) >= 11 is 0. The molecule has 0 unspecified atom stereocenters. The molecule has 1 rings (SSSR count). The van der Waals surface area contributed by atoms with Crippen molar-refractivity contribution in [3.05, 3.63) is 17.5 Å². The van der Waals surface area contributed by atoms with Gasteiger partial charge < -0.3 is 5.32 Å². The van der Waals surface area contributed by atoms with Crippen LogP contribution in [0.4, 0.5) is 0 Å². The van der Waals surface area contributed by atoms with Gasteiger partial charge in [-0.1, -0.05) is 6.92 Å². The van der Waals surface area contributed by atoms with Gasteiger partial charge in [-0.3, -0.25) is 9.48 Å². The number of likely N-dealkylation sites (N-methyl/N-ethyl adjacent to an activating group) is 1. The summed E-state index contributed by atoms with van der Waals surface area (Å²) < 4.78 is 1.79. The molecule has 0 atom stereocenters. The van der Waals surface area contributed by atoms with Gasteiger partial charge in [0.15, 0.2) is 5.78 Å². The monoisotopic (exact) mass is 223 g/mol. The number of Topliss-reactive ketones (excluding diaryl/α,β-unsaturated/α-hetero) is 1. The van der Waals surface area contributed by atoms with Gasteiger partial charge in [0.05, 0.1) is 17.7 Å². The minimum atomic E-state index is -0.476. The molecular weight excluding hydrogens is 202 g/mol. The van der Waals surface area contributed by atoms with E-state index in [4.69, 9.17) is 0 Å². The summed E-state index contributed by atoms with van der Waals surface area (Å²) in [6.45, 7) is 5.85. The number of ketones is 1. The second kappa shape index (κ2) is 4.78. The number of aromatic nitrogens is 2. The van der Waals surface area contributed by atoms with E-state index in [0.29, 0.717) is 6.42 Å². The van der Waals surface area contributed by atoms with Crippen LogP contribution in [0.15, 0.2) is 6.07 Å². The van der Waals surface area contributed by atoms with Crippen LogP contribution in [0, 0.1) is 0 Å². The molecule has 0 amide bonds. The summed E-state index contributed by atoms with van der Waals surface area (Å²) in [6, 6.07) is 2.00. The molecule has 0 aliphatic rings. The molecule has 0 fully saturated rings. The number of aryl methyl sites for hydroxylation is 2. The van der Waals surface area contributed by atoms with Gasteiger partial charge in [-0.05, 0) is 33.4 Å². The fraction of sp³-hybridized carbons (Fsp3) is 0.667. The van der Waals surface area contributed by atoms with E-state index in [1.165, 1.54) is 0 Å². The molecule has 90 valence electrons. The quantitative estimate of drug-likeness (QED) is 0.813. The Morgan fingerprint density at radius 3 is 2.62 bits per heavy atom. The van der Waals surface area contributed by atoms with E-state index in [-0.39, 0.29) is 5.78 Å². The summed E-state index contributed by atoms with van der Waals surface area (Å²) in [4.78, 5) is 12.0. The Morgan fingerprint density at radius 2 is 2.19 bits per heavy atom. The van der Waals surface area contributed by atoms with Crippen molar-refractivity contribution >= 4 is 5.78 Å². The highest BCUT2D eigenvalue weighted by Gasteiger charge is 2.25. The van der Waals surface area contributed by atoms with E-state index >= 15 is 0 Å². The number of rotatable bonds is 5. The molecule has 1 N–H and O–H groups in total. The lowest BCUT2D eigenvalue weighted by molar-refractivity contribution is -0.123. The summed E-state index contributed by atoms with van der Waals surface area (Å²) in [5.41, 5.74) is 1.54. The van der Waals surface area contributed by atoms with Crippen LogP contribution in [0.3, 0.4) is 0 Å². The van der Waals surface area contributed by atoms with Gasteiger partial charge in [-0.25, -0.2) is 0 Å². The maximum Gasteiger partial charge on any atom is 0.158 e. The summed E-state index contributed by atoms with van der Waals surface area (Å²) in [7, 11) is 3.69. The third-order valence-corrected chi connectivity index (χ3v) is 3.05. The fourth-order valence-corrected chi connectivity index (χ4v) is 1.43. The molecule has 0 radical (unpaired) electrons. The zero-order valence-corrected chi connectivity index (χ0v) is 10.8. The lowest BCUT2D eigenvalue weighted by atomic mass is 9.96. The topological polar surface area (TPSA) is 46.9 Å². The Hall–Kier alpha value is -1.16. The van der Waals surface area contributed by atoms with E-state index in [2.05, 4.69) is 17.3 Å². The lowest BCUT2D eigenvalue weighted by Gasteiger charge is -2.22. The highest BCUT2D eigenvalue weighted by atomic mass is 16.1. The molecule has 1 aromatic rings. The van der Waals surface area contributed by atoms with E-state index in [1.54, 1.807) is 11.7 Å². The second-order valence-electron chi connectivity index (χ2n) is 4.58. The highest BCUT2D eigenvalue weighted by Crippen LogP contribution is 2.10. The maximum atomic E-state index is 12.0. The van der Waals surface area contributed by atoms with Crippen LogP contribution in [0.1, 0.15) is 32.2 Å². The van der Waals surface area contributed by atoms with Crippen molar-refractivity contribution in [3.63, 3.8) is 0 Å². The van der Waals surface area contributed by atoms with Gasteiger partial charge >= 0.3 is 0 Å². The van der Waals surface area contributed by atoms with E-state index in [0.717, 1.165) is 17.8 Å². The van der Waals surface area contributed by atoms with Crippen molar-refractivity contribution in [2.45, 2.75) is 39.2 Å². The normalized spacial score (nSPS) is 11.8. The third kappa shape index (κ3) is 2.70. The number of hydrogen-bond acceptors (Lipinski definition) is 3. The zero-order valence-electron chi connectivity index (χ0n) is 10.8. The molecule has 1 aromatic heterocycles. The molecule has 4 nitrogen and oxygen atoms in total. The average molecular weight is 223 g/mol. The summed E-state index contributed by atoms with van der Waals surface area (Å²) in [5.74, 6) is 0.181. The van der Waals surface area contributed by atoms with Crippen molar-refractivity contribution in [3.8, 4) is 0 Å². The van der Waals surface area contributed by atoms with Gasteiger partial charge in [0, 0.05) is 12.7 Å². The first kappa shape index (κ1) is 12.9. The largest absolute Gasteiger partial charge is 0.308 e. The average Bonchev–Trinajstić information content (AvgIpc) is 2.59. The molecule has 1 heterocycles. The first-order valence-corrected chi connectivity index (χ1v) is 5.64. The number of carbonyl (C=O) groups excluding carboxylic acids is 1. The maximum absolute atomic E-state index is 12.0. The predicted molar refractivity (Wildman–Crippen MR) is 64.4 cm³/mol. The Labute approximate surface area is 97.0 Å². The minimum Gasteiger partial charge on any atom is -0.308 e. The summed E-state index contributed by atoms with van der Waals surface area (Å²) in [6.07, 6.45) is 1.33. The smallest absolute Gasteiger partial charge is 0.158 e. The minimum absolute atomic E-state index is 0.181. The van der Waals surface area contributed by atoms with Crippen LogP contribution in [0.25, 0.3) is 0 Å². The van der Waals surface area contributed by atoms with Crippen LogP contribution < -0.4 is 5.32 Å². The Bertz CT molecular complexity index is 380. The van der Waals surface area contributed by atoms with E-state index < -0.39 is 5.54 Å². The number of nitrogens with zero attached hydrogens (tertiary/aromatic N) is 2. The van der Waals surface area contributed by atoms with Gasteiger partial charge in [0.1, 0.15) is 0 Å². The lowest BCUT2D eigenvalue weighted by Crippen LogP contribution is -2.45. The third-order valence-electron chi connectivity index (χ3n) is 3.05. The van der Waals surface area contributed by atoms with Crippen LogP contribution in [-0.4, -0.2) is 28.2 Å². The molecular formula is C12H21N3O. The molecule has 4 heteroatoms. The van der Waals surface area contributed by atoms with Gasteiger partial charge in [0.25, 0.3) is 0 Å². The van der Waals surface area contributed by atoms with E-state index in [1.807, 2.05) is 27.0 Å². The molecule has 0 aliphatic heterocycles. The number of hydrogen-bond donors (Lipinski definition) is 1. The van der Waals surface area contributed by atoms with E-state index in [9.17, 15) is 4.79 Å². The Kier molecular flexibility index (Phi) is 3.86. The molecule has 0 saturated heterocycles. The van der Waals surface area contributed by atoms with Crippen molar-refractivity contribution in [2.75, 3.05) is 7.05 Å². The molecule has 0 spiro atoms. The molecule has 0 saturated carbocycles. The number of carbonyl (C=O) groups is 1. The van der Waals surface area contributed by atoms with Crippen molar-refractivity contribution in [1.29, 1.82) is 0 Å². The molecule has 0 aliphatic carbocycles. The molecule has 0 aromatic carbocycles. The van der Waals surface area contributed by atoms with Gasteiger partial charge in [-0.2, -0.15) is 5.10 Å². The van der Waals surface area contributed by atoms with Crippen molar-refractivity contribution < 1.29 is 4.79 Å². The Balaban J connectivity index is 2.80. The predicted octanol–water partition coefficient (Wildman–Crippen LogP) is 1.09. The first-order valence-electron chi connectivity index (χ1n) is 5.64. The van der Waals surface area contributed by atoms with Crippen molar-refractivity contribution in [1.82, 2.24) is 15.1 Å². The Morgan fingerprint density at radius 1 is 1.56 bits per heavy atom. The zero-order chi connectivity index (χ0) is 12.3. The highest BCUT2D eigenvalue weighted by molar-refractivity contribution is 5.89. The summed E-state index contributed by atoms with van der Waals surface area (Å²) in [5, 5.41) is 7.36. The van der Waals surface area contributed by atoms with Gasteiger partial charge in [-0.15, -0.1) is 0 Å². The van der Waals surface area contributed by atoms with Crippen LogP contribution >= 0.6 is 0 Å². The first-order chi connectivity index (χ1) is 7.40. The molecule has 16 heavy (non-hydrogen) atoms. The second-order valence-corrected chi connectivity index (χ2v) is 4.58. The standard InChI is InChI=1S/C12H21N3O/c1-6-9-7-10(15(5)14-9)8-11(16)12(2,3)13-4/h7,13H,6,8H2,1-5H3. The number of nitrogens with one attached hydrogen (secondary N) is 1. The van der Waals surface area contributed by atoms with Crippen LogP contribution in [0.2, 0.25) is 0 Å². The fourth-order valence-electron chi connectivity index (χ4n) is 1.43. The van der Waals surface area contributed by atoms with Gasteiger partial charge in [0.2, 0.25) is 0 Å². The van der Waals surface area contributed by atoms with Crippen molar-refractivity contribution in [2.24, 2.45) is 7.05 Å². The SMILES string of the molecule is CCc1cc(CC(=O)C(C)(C)NC)n(C)n1. The van der Waals surface area contributed by atoms with Crippen LogP contribution in [-0.2, 0) is 24.7 Å².